The zero-order valence-electron chi connectivity index (χ0n) is 11.2. The van der Waals surface area contributed by atoms with Crippen LogP contribution in [0.3, 0.4) is 0 Å². The Labute approximate surface area is 138 Å². The summed E-state index contributed by atoms with van der Waals surface area (Å²) in [5.41, 5.74) is 0.236. The van der Waals surface area contributed by atoms with Crippen molar-refractivity contribution in [2.45, 2.75) is 24.8 Å². The van der Waals surface area contributed by atoms with Crippen molar-refractivity contribution in [2.75, 3.05) is 0 Å². The van der Waals surface area contributed by atoms with Gasteiger partial charge in [-0.3, -0.25) is 9.59 Å². The predicted molar refractivity (Wildman–Crippen MR) is 64.1 cm³/mol. The van der Waals surface area contributed by atoms with Gasteiger partial charge in [0.2, 0.25) is 0 Å². The molecule has 0 heterocycles. The average molecular weight is 306 g/mol. The molecule has 0 amide bonds. The van der Waals surface area contributed by atoms with Crippen LogP contribution in [0.2, 0.25) is 0 Å². The van der Waals surface area contributed by atoms with Gasteiger partial charge >= 0.3 is 29.6 Å². The number of hydrogen-bond acceptors (Lipinski definition) is 7. The summed E-state index contributed by atoms with van der Waals surface area (Å²) in [4.78, 5) is 21.8. The molecule has 1 rings (SSSR count). The summed E-state index contributed by atoms with van der Waals surface area (Å²) in [7, 11) is -4.51. The number of nitrogens with zero attached hydrogens (tertiary/aromatic N) is 2. The predicted octanol–water partition coefficient (Wildman–Crippen LogP) is -1.77. The first kappa shape index (κ1) is 19.1. The Hall–Kier alpha value is -0.930. The molecular formula is C11H11N2NaO5S. The molecule has 0 spiro atoms. The molecule has 0 unspecified atom stereocenters. The molecule has 0 saturated heterocycles. The van der Waals surface area contributed by atoms with Crippen molar-refractivity contribution in [3.63, 3.8) is 0 Å². The quantitative estimate of drug-likeness (QED) is 0.276. The maximum Gasteiger partial charge on any atom is 1.00 e. The molecule has 9 heteroatoms. The fourth-order valence-electron chi connectivity index (χ4n) is 1.25. The molecule has 0 aromatic heterocycles. The van der Waals surface area contributed by atoms with Gasteiger partial charge in [-0.1, -0.05) is 0 Å². The molecule has 0 saturated carbocycles. The Balaban J connectivity index is 0.00000361. The minimum atomic E-state index is -4.51. The third-order valence-electron chi connectivity index (χ3n) is 2.18. The number of hydrogen-bond donors (Lipinski definition) is 0. The summed E-state index contributed by atoms with van der Waals surface area (Å²) < 4.78 is 32.1. The molecule has 102 valence electrons. The topological polar surface area (TPSA) is 116 Å². The second-order valence-corrected chi connectivity index (χ2v) is 5.17. The zero-order chi connectivity index (χ0) is 14.6. The van der Waals surface area contributed by atoms with Crippen LogP contribution >= 0.6 is 0 Å². The summed E-state index contributed by atoms with van der Waals surface area (Å²) in [5.74, 6) is -0.870. The van der Waals surface area contributed by atoms with Crippen molar-refractivity contribution in [1.29, 1.82) is 0 Å². The molecule has 20 heavy (non-hydrogen) atoms. The SMILES string of the molecule is CC(=O)C(N=Nc1ccc(S(=O)(=O)[O-])cc1)C(C)=O.[Na+]. The van der Waals surface area contributed by atoms with Crippen LogP contribution in [0.25, 0.3) is 0 Å². The second-order valence-electron chi connectivity index (χ2n) is 3.79. The number of carbonyl (C=O) groups is 2. The van der Waals surface area contributed by atoms with E-state index in [9.17, 15) is 22.6 Å². The van der Waals surface area contributed by atoms with Gasteiger partial charge in [0.1, 0.15) is 10.1 Å². The number of carbonyl (C=O) groups excluding carboxylic acids is 2. The largest absolute Gasteiger partial charge is 1.00 e. The fraction of sp³-hybridized carbons (Fsp3) is 0.273. The molecule has 0 fully saturated rings. The van der Waals surface area contributed by atoms with Crippen LogP contribution in [0, 0.1) is 0 Å². The molecule has 7 nitrogen and oxygen atoms in total. The van der Waals surface area contributed by atoms with E-state index in [2.05, 4.69) is 10.2 Å². The standard InChI is InChI=1S/C11H12N2O5S.Na/c1-7(14)11(8(2)15)13-12-9-3-5-10(6-4-9)19(16,17)18;/h3-6,11H,1-2H3,(H,16,17,18);/q;+1/p-1. The molecule has 1 aromatic carbocycles. The average Bonchev–Trinajstić information content (AvgIpc) is 2.27. The molecule has 0 aliphatic carbocycles. The first-order valence-electron chi connectivity index (χ1n) is 5.19. The van der Waals surface area contributed by atoms with Gasteiger partial charge in [0.05, 0.1) is 10.6 Å². The Kier molecular flexibility index (Phi) is 7.39. The van der Waals surface area contributed by atoms with Crippen LogP contribution in [-0.4, -0.2) is 30.6 Å². The van der Waals surface area contributed by atoms with Gasteiger partial charge in [-0.15, -0.1) is 0 Å². The van der Waals surface area contributed by atoms with E-state index in [1.54, 1.807) is 0 Å². The number of Topliss-reactive ketones (excluding diaryl/α,β-unsaturated/α-hetero) is 2. The van der Waals surface area contributed by atoms with Crippen molar-refractivity contribution in [1.82, 2.24) is 0 Å². The Morgan fingerprint density at radius 1 is 1.10 bits per heavy atom. The van der Waals surface area contributed by atoms with Gasteiger partial charge in [-0.05, 0) is 38.1 Å². The minimum Gasteiger partial charge on any atom is -0.744 e. The van der Waals surface area contributed by atoms with Crippen molar-refractivity contribution in [3.8, 4) is 0 Å². The molecular weight excluding hydrogens is 295 g/mol. The van der Waals surface area contributed by atoms with Gasteiger partial charge in [0, 0.05) is 0 Å². The van der Waals surface area contributed by atoms with Crippen LogP contribution in [0.15, 0.2) is 39.4 Å². The van der Waals surface area contributed by atoms with E-state index in [1.807, 2.05) is 0 Å². The molecule has 0 aliphatic rings. The summed E-state index contributed by atoms with van der Waals surface area (Å²) >= 11 is 0. The molecule has 1 aromatic rings. The van der Waals surface area contributed by atoms with E-state index in [4.69, 9.17) is 0 Å². The number of rotatable bonds is 5. The van der Waals surface area contributed by atoms with Crippen LogP contribution in [0.4, 0.5) is 5.69 Å². The Morgan fingerprint density at radius 2 is 1.55 bits per heavy atom. The van der Waals surface area contributed by atoms with E-state index in [1.165, 1.54) is 26.0 Å². The molecule has 0 aliphatic heterocycles. The van der Waals surface area contributed by atoms with E-state index in [-0.39, 0.29) is 40.1 Å². The maximum atomic E-state index is 11.1. The fourth-order valence-corrected chi connectivity index (χ4v) is 1.72. The van der Waals surface area contributed by atoms with Crippen LogP contribution in [0.5, 0.6) is 0 Å². The number of ketones is 2. The summed E-state index contributed by atoms with van der Waals surface area (Å²) in [6.07, 6.45) is 0. The van der Waals surface area contributed by atoms with Gasteiger partial charge < -0.3 is 4.55 Å². The zero-order valence-corrected chi connectivity index (χ0v) is 14.0. The van der Waals surface area contributed by atoms with E-state index in [0.717, 1.165) is 12.1 Å². The van der Waals surface area contributed by atoms with Crippen molar-refractivity contribution in [3.05, 3.63) is 24.3 Å². The minimum absolute atomic E-state index is 0. The second kappa shape index (κ2) is 7.75. The van der Waals surface area contributed by atoms with Crippen molar-refractivity contribution < 1.29 is 52.1 Å². The Bertz CT molecular complexity index is 611. The number of benzene rings is 1. The Morgan fingerprint density at radius 3 is 1.90 bits per heavy atom. The van der Waals surface area contributed by atoms with Gasteiger partial charge in [-0.2, -0.15) is 10.2 Å². The van der Waals surface area contributed by atoms with Crippen LogP contribution in [-0.2, 0) is 19.7 Å². The van der Waals surface area contributed by atoms with Crippen molar-refractivity contribution in [2.24, 2.45) is 10.2 Å². The van der Waals surface area contributed by atoms with E-state index in [0.29, 0.717) is 0 Å². The van der Waals surface area contributed by atoms with Gasteiger partial charge in [0.25, 0.3) is 0 Å². The normalized spacial score (nSPS) is 11.4. The van der Waals surface area contributed by atoms with Gasteiger partial charge in [-0.25, -0.2) is 8.42 Å². The molecule has 0 N–H and O–H groups in total. The summed E-state index contributed by atoms with van der Waals surface area (Å²) in [6.45, 7) is 2.44. The number of azo groups is 1. The monoisotopic (exact) mass is 306 g/mol. The molecule has 0 atom stereocenters. The van der Waals surface area contributed by atoms with E-state index < -0.39 is 27.7 Å². The smallest absolute Gasteiger partial charge is 0.744 e. The van der Waals surface area contributed by atoms with Gasteiger partial charge in [0.15, 0.2) is 17.6 Å². The maximum absolute atomic E-state index is 11.1. The summed E-state index contributed by atoms with van der Waals surface area (Å²) in [5, 5.41) is 7.24. The third-order valence-corrected chi connectivity index (χ3v) is 3.03. The van der Waals surface area contributed by atoms with E-state index >= 15 is 0 Å². The first-order valence-corrected chi connectivity index (χ1v) is 6.60. The first-order chi connectivity index (χ1) is 8.71. The third kappa shape index (κ3) is 5.59. The summed E-state index contributed by atoms with van der Waals surface area (Å²) in [6, 6.07) is 3.50. The molecule has 0 radical (unpaired) electrons. The van der Waals surface area contributed by atoms with Crippen LogP contribution in [0.1, 0.15) is 13.8 Å². The molecule has 0 bridgehead atoms. The van der Waals surface area contributed by atoms with Crippen LogP contribution < -0.4 is 29.6 Å². The van der Waals surface area contributed by atoms with Crippen molar-refractivity contribution >= 4 is 27.4 Å².